The molecular weight excluding hydrogens is 286 g/mol. The molecule has 5 nitrogen and oxygen atoms in total. The SMILES string of the molecule is Cc1c(Cn2c(CCl)nc3ccc(C#N)cc32)cnn1C. The Morgan fingerprint density at radius 3 is 2.81 bits per heavy atom. The van der Waals surface area contributed by atoms with Crippen molar-refractivity contribution < 1.29 is 0 Å². The van der Waals surface area contributed by atoms with Crippen LogP contribution in [0.1, 0.15) is 22.6 Å². The Balaban J connectivity index is 2.15. The number of aromatic nitrogens is 4. The third-order valence-corrected chi connectivity index (χ3v) is 3.98. The lowest BCUT2D eigenvalue weighted by Gasteiger charge is -2.07. The van der Waals surface area contributed by atoms with Crippen LogP contribution in [0.2, 0.25) is 0 Å². The summed E-state index contributed by atoms with van der Waals surface area (Å²) in [5.74, 6) is 1.13. The Hall–Kier alpha value is -2.32. The number of benzene rings is 1. The monoisotopic (exact) mass is 299 g/mol. The fraction of sp³-hybridized carbons (Fsp3) is 0.267. The molecule has 0 amide bonds. The summed E-state index contributed by atoms with van der Waals surface area (Å²) in [5, 5.41) is 13.3. The molecule has 3 aromatic rings. The zero-order chi connectivity index (χ0) is 15.0. The zero-order valence-electron chi connectivity index (χ0n) is 11.8. The number of aryl methyl sites for hydroxylation is 1. The highest BCUT2D eigenvalue weighted by atomic mass is 35.5. The minimum absolute atomic E-state index is 0.329. The molecule has 0 aliphatic heterocycles. The van der Waals surface area contributed by atoms with Crippen LogP contribution in [0.25, 0.3) is 11.0 Å². The van der Waals surface area contributed by atoms with E-state index in [-0.39, 0.29) is 0 Å². The van der Waals surface area contributed by atoms with E-state index in [1.54, 1.807) is 6.07 Å². The number of alkyl halides is 1. The van der Waals surface area contributed by atoms with Gasteiger partial charge in [-0.15, -0.1) is 11.6 Å². The summed E-state index contributed by atoms with van der Waals surface area (Å²) in [7, 11) is 1.92. The summed E-state index contributed by atoms with van der Waals surface area (Å²) < 4.78 is 3.89. The van der Waals surface area contributed by atoms with Crippen molar-refractivity contribution in [3.63, 3.8) is 0 Å². The molecule has 21 heavy (non-hydrogen) atoms. The lowest BCUT2D eigenvalue weighted by Crippen LogP contribution is -2.05. The van der Waals surface area contributed by atoms with Crippen molar-refractivity contribution >= 4 is 22.6 Å². The molecule has 0 spiro atoms. The summed E-state index contributed by atoms with van der Waals surface area (Å²) in [6.07, 6.45) is 1.85. The van der Waals surface area contributed by atoms with Gasteiger partial charge in [0.15, 0.2) is 0 Å². The fourth-order valence-corrected chi connectivity index (χ4v) is 2.59. The molecule has 0 aliphatic rings. The number of fused-ring (bicyclic) bond motifs is 1. The summed E-state index contributed by atoms with van der Waals surface area (Å²) in [5.41, 5.74) is 4.62. The van der Waals surface area contributed by atoms with Gasteiger partial charge in [-0.1, -0.05) is 0 Å². The molecule has 2 aromatic heterocycles. The molecule has 0 saturated carbocycles. The van der Waals surface area contributed by atoms with Gasteiger partial charge in [0.2, 0.25) is 0 Å². The van der Waals surface area contributed by atoms with Crippen LogP contribution in [0.15, 0.2) is 24.4 Å². The van der Waals surface area contributed by atoms with Crippen LogP contribution in [0.3, 0.4) is 0 Å². The maximum atomic E-state index is 9.07. The van der Waals surface area contributed by atoms with Gasteiger partial charge in [0.25, 0.3) is 0 Å². The third-order valence-electron chi connectivity index (χ3n) is 3.74. The first-order chi connectivity index (χ1) is 10.1. The molecule has 1 aromatic carbocycles. The van der Waals surface area contributed by atoms with E-state index in [1.807, 2.05) is 41.5 Å². The van der Waals surface area contributed by atoms with Gasteiger partial charge in [-0.25, -0.2) is 4.98 Å². The molecular formula is C15H14ClN5. The van der Waals surface area contributed by atoms with Gasteiger partial charge in [0.05, 0.1) is 41.3 Å². The maximum absolute atomic E-state index is 9.07. The molecule has 3 rings (SSSR count). The van der Waals surface area contributed by atoms with Crippen molar-refractivity contribution in [1.82, 2.24) is 19.3 Å². The Labute approximate surface area is 127 Å². The minimum atomic E-state index is 0.329. The van der Waals surface area contributed by atoms with Crippen molar-refractivity contribution in [2.75, 3.05) is 0 Å². The Morgan fingerprint density at radius 1 is 1.38 bits per heavy atom. The van der Waals surface area contributed by atoms with E-state index in [0.29, 0.717) is 18.0 Å². The first-order valence-corrected chi connectivity index (χ1v) is 7.10. The highest BCUT2D eigenvalue weighted by Crippen LogP contribution is 2.21. The second-order valence-corrected chi connectivity index (χ2v) is 5.21. The quantitative estimate of drug-likeness (QED) is 0.699. The average molecular weight is 300 g/mol. The molecule has 0 N–H and O–H groups in total. The van der Waals surface area contributed by atoms with Gasteiger partial charge in [-0.05, 0) is 25.1 Å². The molecule has 0 aliphatic carbocycles. The molecule has 2 heterocycles. The predicted octanol–water partition coefficient (Wildman–Crippen LogP) is 2.74. The predicted molar refractivity (Wildman–Crippen MR) is 81.1 cm³/mol. The van der Waals surface area contributed by atoms with Gasteiger partial charge in [-0.3, -0.25) is 4.68 Å². The molecule has 0 saturated heterocycles. The van der Waals surface area contributed by atoms with E-state index in [4.69, 9.17) is 16.9 Å². The number of rotatable bonds is 3. The van der Waals surface area contributed by atoms with Gasteiger partial charge in [-0.2, -0.15) is 10.4 Å². The van der Waals surface area contributed by atoms with Crippen LogP contribution in [0.5, 0.6) is 0 Å². The number of imidazole rings is 1. The van der Waals surface area contributed by atoms with Crippen LogP contribution in [0.4, 0.5) is 0 Å². The van der Waals surface area contributed by atoms with Crippen LogP contribution >= 0.6 is 11.6 Å². The first-order valence-electron chi connectivity index (χ1n) is 6.56. The minimum Gasteiger partial charge on any atom is -0.322 e. The molecule has 0 radical (unpaired) electrons. The summed E-state index contributed by atoms with van der Waals surface area (Å²) in [6.45, 7) is 2.68. The third kappa shape index (κ3) is 2.28. The smallest absolute Gasteiger partial charge is 0.125 e. The Morgan fingerprint density at radius 2 is 2.19 bits per heavy atom. The van der Waals surface area contributed by atoms with E-state index in [9.17, 15) is 0 Å². The van der Waals surface area contributed by atoms with Crippen molar-refractivity contribution in [3.8, 4) is 6.07 Å². The Bertz CT molecular complexity index is 853. The van der Waals surface area contributed by atoms with Gasteiger partial charge < -0.3 is 4.57 Å². The van der Waals surface area contributed by atoms with E-state index < -0.39 is 0 Å². The summed E-state index contributed by atoms with van der Waals surface area (Å²) in [4.78, 5) is 4.53. The molecule has 6 heteroatoms. The lowest BCUT2D eigenvalue weighted by atomic mass is 10.2. The Kier molecular flexibility index (Phi) is 3.40. The van der Waals surface area contributed by atoms with Crippen molar-refractivity contribution in [2.45, 2.75) is 19.3 Å². The second kappa shape index (κ2) is 5.23. The zero-order valence-corrected chi connectivity index (χ0v) is 12.6. The molecule has 0 atom stereocenters. The lowest BCUT2D eigenvalue weighted by molar-refractivity contribution is 0.729. The normalized spacial score (nSPS) is 11.0. The topological polar surface area (TPSA) is 59.4 Å². The van der Waals surface area contributed by atoms with Gasteiger partial charge in [0.1, 0.15) is 5.82 Å². The van der Waals surface area contributed by atoms with Crippen LogP contribution in [-0.4, -0.2) is 19.3 Å². The number of nitriles is 1. The first kappa shape index (κ1) is 13.7. The second-order valence-electron chi connectivity index (χ2n) is 4.94. The van der Waals surface area contributed by atoms with Crippen molar-refractivity contribution in [3.05, 3.63) is 47.0 Å². The van der Waals surface area contributed by atoms with E-state index in [1.165, 1.54) is 0 Å². The maximum Gasteiger partial charge on any atom is 0.125 e. The molecule has 0 fully saturated rings. The van der Waals surface area contributed by atoms with Crippen molar-refractivity contribution in [1.29, 1.82) is 5.26 Å². The summed E-state index contributed by atoms with van der Waals surface area (Å²) >= 11 is 6.02. The van der Waals surface area contributed by atoms with Crippen molar-refractivity contribution in [2.24, 2.45) is 7.05 Å². The molecule has 0 bridgehead atoms. The molecule has 106 valence electrons. The number of hydrogen-bond acceptors (Lipinski definition) is 3. The van der Waals surface area contributed by atoms with E-state index >= 15 is 0 Å². The number of nitrogens with zero attached hydrogens (tertiary/aromatic N) is 5. The van der Waals surface area contributed by atoms with E-state index in [2.05, 4.69) is 16.2 Å². The average Bonchev–Trinajstić information content (AvgIpc) is 3.01. The summed E-state index contributed by atoms with van der Waals surface area (Å²) in [6, 6.07) is 7.64. The number of hydrogen-bond donors (Lipinski definition) is 0. The van der Waals surface area contributed by atoms with Crippen LogP contribution in [0, 0.1) is 18.3 Å². The van der Waals surface area contributed by atoms with E-state index in [0.717, 1.165) is 28.1 Å². The highest BCUT2D eigenvalue weighted by Gasteiger charge is 2.13. The fourth-order valence-electron chi connectivity index (χ4n) is 2.39. The standard InChI is InChI=1S/C15H14ClN5/c1-10-12(8-18-20(10)2)9-21-14-5-11(7-17)3-4-13(14)19-15(21)6-16/h3-5,8H,6,9H2,1-2H3. The highest BCUT2D eigenvalue weighted by molar-refractivity contribution is 6.16. The van der Waals surface area contributed by atoms with Crippen LogP contribution in [-0.2, 0) is 19.5 Å². The van der Waals surface area contributed by atoms with Gasteiger partial charge in [0, 0.05) is 18.3 Å². The number of halogens is 1. The largest absolute Gasteiger partial charge is 0.322 e. The van der Waals surface area contributed by atoms with Gasteiger partial charge >= 0.3 is 0 Å². The van der Waals surface area contributed by atoms with Crippen LogP contribution < -0.4 is 0 Å². The molecule has 0 unspecified atom stereocenters.